The lowest BCUT2D eigenvalue weighted by atomic mass is 9.90. The number of ether oxygens (including phenoxy) is 5. The van der Waals surface area contributed by atoms with Gasteiger partial charge in [-0.2, -0.15) is 0 Å². The maximum Gasteiger partial charge on any atom is 0.191 e. The molecule has 5 heteroatoms. The van der Waals surface area contributed by atoms with E-state index in [1.165, 1.54) is 0 Å². The SMILES string of the molecule is C=C[C@@]1(OC)[C@@H]([C@H]2CO2)O[C@@H]2OC(C)(C)O[C@@H]21. The van der Waals surface area contributed by atoms with Crippen molar-refractivity contribution in [2.45, 2.75) is 49.8 Å². The van der Waals surface area contributed by atoms with E-state index in [9.17, 15) is 0 Å². The van der Waals surface area contributed by atoms with Gasteiger partial charge in [0.25, 0.3) is 0 Å². The normalized spacial score (nSPS) is 51.2. The molecule has 0 aromatic rings. The van der Waals surface area contributed by atoms with Crippen molar-refractivity contribution in [3.05, 3.63) is 12.7 Å². The summed E-state index contributed by atoms with van der Waals surface area (Å²) in [4.78, 5) is 0. The highest BCUT2D eigenvalue weighted by Gasteiger charge is 2.66. The van der Waals surface area contributed by atoms with Crippen LogP contribution in [0.4, 0.5) is 0 Å². The summed E-state index contributed by atoms with van der Waals surface area (Å²) in [6.45, 7) is 8.27. The molecule has 0 amide bonds. The first-order valence-electron chi connectivity index (χ1n) is 5.84. The molecule has 17 heavy (non-hydrogen) atoms. The average Bonchev–Trinajstić information content (AvgIpc) is 3.00. The smallest absolute Gasteiger partial charge is 0.191 e. The molecular weight excluding hydrogens is 224 g/mol. The lowest BCUT2D eigenvalue weighted by Crippen LogP contribution is -2.50. The Morgan fingerprint density at radius 2 is 2.00 bits per heavy atom. The summed E-state index contributed by atoms with van der Waals surface area (Å²) >= 11 is 0. The molecule has 0 aromatic carbocycles. The number of fused-ring (bicyclic) bond motifs is 1. The van der Waals surface area contributed by atoms with Crippen molar-refractivity contribution in [1.82, 2.24) is 0 Å². The highest BCUT2D eigenvalue weighted by molar-refractivity contribution is 5.18. The molecule has 3 aliphatic heterocycles. The van der Waals surface area contributed by atoms with Crippen LogP contribution in [0.5, 0.6) is 0 Å². The van der Waals surface area contributed by atoms with Crippen LogP contribution < -0.4 is 0 Å². The molecule has 0 aromatic heterocycles. The maximum absolute atomic E-state index is 5.88. The molecule has 0 N–H and O–H groups in total. The minimum atomic E-state index is -0.695. The predicted molar refractivity (Wildman–Crippen MR) is 58.4 cm³/mol. The minimum absolute atomic E-state index is 0.0499. The van der Waals surface area contributed by atoms with Crippen LogP contribution in [0.2, 0.25) is 0 Å². The molecule has 3 fully saturated rings. The molecule has 5 atom stereocenters. The molecule has 3 rings (SSSR count). The van der Waals surface area contributed by atoms with Gasteiger partial charge < -0.3 is 23.7 Å². The molecule has 3 aliphatic rings. The number of rotatable bonds is 3. The average molecular weight is 242 g/mol. The Labute approximate surface area is 101 Å². The van der Waals surface area contributed by atoms with Crippen LogP contribution in [0.3, 0.4) is 0 Å². The fraction of sp³-hybridized carbons (Fsp3) is 0.833. The van der Waals surface area contributed by atoms with Crippen LogP contribution in [0.15, 0.2) is 12.7 Å². The van der Waals surface area contributed by atoms with Crippen molar-refractivity contribution >= 4 is 0 Å². The van der Waals surface area contributed by atoms with E-state index in [4.69, 9.17) is 23.7 Å². The van der Waals surface area contributed by atoms with Crippen molar-refractivity contribution in [3.8, 4) is 0 Å². The second-order valence-electron chi connectivity index (χ2n) is 5.11. The van der Waals surface area contributed by atoms with E-state index >= 15 is 0 Å². The maximum atomic E-state index is 5.88. The second kappa shape index (κ2) is 3.52. The zero-order chi connectivity index (χ0) is 12.3. The van der Waals surface area contributed by atoms with Gasteiger partial charge in [-0.15, -0.1) is 6.58 Å². The molecule has 0 unspecified atom stereocenters. The van der Waals surface area contributed by atoms with E-state index in [-0.39, 0.29) is 18.3 Å². The Morgan fingerprint density at radius 3 is 2.53 bits per heavy atom. The lowest BCUT2D eigenvalue weighted by molar-refractivity contribution is -0.228. The molecule has 0 aliphatic carbocycles. The Morgan fingerprint density at radius 1 is 1.29 bits per heavy atom. The summed E-state index contributed by atoms with van der Waals surface area (Å²) in [6, 6.07) is 0. The van der Waals surface area contributed by atoms with E-state index < -0.39 is 17.7 Å². The summed E-state index contributed by atoms with van der Waals surface area (Å²) in [7, 11) is 1.64. The third kappa shape index (κ3) is 1.57. The molecule has 0 spiro atoms. The van der Waals surface area contributed by atoms with Crippen molar-refractivity contribution in [3.63, 3.8) is 0 Å². The van der Waals surface area contributed by atoms with E-state index in [0.717, 1.165) is 0 Å². The molecule has 0 radical (unpaired) electrons. The van der Waals surface area contributed by atoms with E-state index in [2.05, 4.69) is 6.58 Å². The Balaban J connectivity index is 1.92. The minimum Gasteiger partial charge on any atom is -0.370 e. The van der Waals surface area contributed by atoms with Crippen LogP contribution >= 0.6 is 0 Å². The van der Waals surface area contributed by atoms with Gasteiger partial charge in [0.05, 0.1) is 6.61 Å². The van der Waals surface area contributed by atoms with E-state index in [1.807, 2.05) is 13.8 Å². The standard InChI is InChI=1S/C12H18O5/c1-5-12(13-4)8(7-6-14-7)15-10-9(12)16-11(2,3)17-10/h5,7-10H,1,6H2,2-4H3/t7-,8-,9+,10-,12-/m1/s1. The van der Waals surface area contributed by atoms with Gasteiger partial charge in [0.15, 0.2) is 12.1 Å². The van der Waals surface area contributed by atoms with E-state index in [1.54, 1.807) is 13.2 Å². The molecule has 0 bridgehead atoms. The molecule has 5 nitrogen and oxygen atoms in total. The first-order chi connectivity index (χ1) is 8.02. The Bertz CT molecular complexity index is 338. The van der Waals surface area contributed by atoms with Crippen LogP contribution in [-0.4, -0.2) is 49.7 Å². The summed E-state index contributed by atoms with van der Waals surface area (Å²) in [5.41, 5.74) is -0.695. The van der Waals surface area contributed by atoms with Crippen LogP contribution in [-0.2, 0) is 23.7 Å². The van der Waals surface area contributed by atoms with Gasteiger partial charge >= 0.3 is 0 Å². The molecule has 3 saturated heterocycles. The first kappa shape index (κ1) is 11.6. The second-order valence-corrected chi connectivity index (χ2v) is 5.11. The summed E-state index contributed by atoms with van der Waals surface area (Å²) in [6.07, 6.45) is 0.866. The molecule has 3 heterocycles. The molecule has 96 valence electrons. The largest absolute Gasteiger partial charge is 0.370 e. The summed E-state index contributed by atoms with van der Waals surface area (Å²) in [5.74, 6) is -0.655. The number of hydrogen-bond donors (Lipinski definition) is 0. The van der Waals surface area contributed by atoms with Crippen molar-refractivity contribution in [2.24, 2.45) is 0 Å². The summed E-state index contributed by atoms with van der Waals surface area (Å²) < 4.78 is 28.4. The Hall–Kier alpha value is -0.460. The van der Waals surface area contributed by atoms with Crippen molar-refractivity contribution in [2.75, 3.05) is 13.7 Å². The van der Waals surface area contributed by atoms with Crippen molar-refractivity contribution in [1.29, 1.82) is 0 Å². The van der Waals surface area contributed by atoms with Gasteiger partial charge in [-0.3, -0.25) is 0 Å². The van der Waals surface area contributed by atoms with Gasteiger partial charge in [0, 0.05) is 7.11 Å². The quantitative estimate of drug-likeness (QED) is 0.542. The zero-order valence-electron chi connectivity index (χ0n) is 10.3. The number of epoxide rings is 1. The van der Waals surface area contributed by atoms with Crippen LogP contribution in [0, 0.1) is 0 Å². The van der Waals surface area contributed by atoms with Crippen molar-refractivity contribution < 1.29 is 23.7 Å². The van der Waals surface area contributed by atoms with Gasteiger partial charge in [0.1, 0.15) is 23.9 Å². The molecule has 0 saturated carbocycles. The highest BCUT2D eigenvalue weighted by Crippen LogP contribution is 2.48. The van der Waals surface area contributed by atoms with Crippen LogP contribution in [0.25, 0.3) is 0 Å². The lowest BCUT2D eigenvalue weighted by Gasteiger charge is -2.33. The monoisotopic (exact) mass is 242 g/mol. The Kier molecular flexibility index (Phi) is 2.41. The molecular formula is C12H18O5. The van der Waals surface area contributed by atoms with Crippen LogP contribution in [0.1, 0.15) is 13.8 Å². The summed E-state index contributed by atoms with van der Waals surface area (Å²) in [5, 5.41) is 0. The number of methoxy groups -OCH3 is 1. The zero-order valence-corrected chi connectivity index (χ0v) is 10.3. The highest BCUT2D eigenvalue weighted by atomic mass is 16.8. The van der Waals surface area contributed by atoms with Gasteiger partial charge in [-0.25, -0.2) is 0 Å². The van der Waals surface area contributed by atoms with Gasteiger partial charge in [-0.1, -0.05) is 6.08 Å². The van der Waals surface area contributed by atoms with E-state index in [0.29, 0.717) is 6.61 Å². The van der Waals surface area contributed by atoms with Gasteiger partial charge in [-0.05, 0) is 13.8 Å². The predicted octanol–water partition coefficient (Wildman–Crippen LogP) is 0.833. The first-order valence-corrected chi connectivity index (χ1v) is 5.84. The topological polar surface area (TPSA) is 49.5 Å². The third-order valence-corrected chi connectivity index (χ3v) is 3.60. The third-order valence-electron chi connectivity index (χ3n) is 3.60. The number of hydrogen-bond acceptors (Lipinski definition) is 5. The fourth-order valence-corrected chi connectivity index (χ4v) is 2.70. The van der Waals surface area contributed by atoms with Gasteiger partial charge in [0.2, 0.25) is 0 Å². The fourth-order valence-electron chi connectivity index (χ4n) is 2.70.